The van der Waals surface area contributed by atoms with Crippen molar-refractivity contribution in [3.63, 3.8) is 0 Å². The van der Waals surface area contributed by atoms with Crippen LogP contribution in [-0.2, 0) is 20.6 Å². The van der Waals surface area contributed by atoms with Crippen LogP contribution in [0.3, 0.4) is 0 Å². The Bertz CT molecular complexity index is 597. The third kappa shape index (κ3) is 11.1. The molecule has 0 aliphatic rings. The van der Waals surface area contributed by atoms with Gasteiger partial charge in [0.05, 0.1) is 13.2 Å². The zero-order valence-electron chi connectivity index (χ0n) is 18.0. The molecule has 0 aliphatic heterocycles. The maximum absolute atomic E-state index is 6.05. The third-order valence-electron chi connectivity index (χ3n) is 4.08. The van der Waals surface area contributed by atoms with Gasteiger partial charge >= 0.3 is 0 Å². The first-order valence-electron chi connectivity index (χ1n) is 10.2. The van der Waals surface area contributed by atoms with Gasteiger partial charge in [-0.15, -0.1) is 0 Å². The molecular formula is C22H34Cl2O5. The Balaban J connectivity index is 2.39. The Hall–Kier alpha value is -0.980. The van der Waals surface area contributed by atoms with Gasteiger partial charge in [0.25, 0.3) is 0 Å². The smallest absolute Gasteiger partial charge is 0.180 e. The molecule has 0 N–H and O–H groups in total. The van der Waals surface area contributed by atoms with E-state index in [1.807, 2.05) is 32.9 Å². The lowest BCUT2D eigenvalue weighted by molar-refractivity contribution is -0.167. The van der Waals surface area contributed by atoms with Crippen LogP contribution in [-0.4, -0.2) is 45.9 Å². The number of rotatable bonds is 16. The molecule has 0 saturated heterocycles. The van der Waals surface area contributed by atoms with Crippen LogP contribution in [0.2, 0.25) is 0 Å². The molecule has 166 valence electrons. The highest BCUT2D eigenvalue weighted by Crippen LogP contribution is 2.30. The average Bonchev–Trinajstić information content (AvgIpc) is 2.68. The summed E-state index contributed by atoms with van der Waals surface area (Å²) >= 11 is 11.2. The molecule has 0 aromatic heterocycles. The normalized spacial score (nSPS) is 11.0. The summed E-state index contributed by atoms with van der Waals surface area (Å²) in [6.45, 7) is 11.3. The Morgan fingerprint density at radius 3 is 2.31 bits per heavy atom. The van der Waals surface area contributed by atoms with Crippen LogP contribution in [0.25, 0.3) is 0 Å². The molecule has 1 rings (SSSR count). The second-order valence-corrected chi connectivity index (χ2v) is 7.37. The van der Waals surface area contributed by atoms with Crippen molar-refractivity contribution < 1.29 is 23.7 Å². The zero-order valence-corrected chi connectivity index (χ0v) is 19.5. The predicted molar refractivity (Wildman–Crippen MR) is 118 cm³/mol. The number of hydrogen-bond acceptors (Lipinski definition) is 5. The largest absolute Gasteiger partial charge is 0.493 e. The summed E-state index contributed by atoms with van der Waals surface area (Å²) in [4.78, 5) is 0. The molecule has 7 heteroatoms. The molecule has 0 bridgehead atoms. The first-order valence-corrected chi connectivity index (χ1v) is 11.0. The van der Waals surface area contributed by atoms with Gasteiger partial charge in [-0.1, -0.05) is 30.1 Å². The van der Waals surface area contributed by atoms with Crippen LogP contribution in [0.1, 0.15) is 44.7 Å². The third-order valence-corrected chi connectivity index (χ3v) is 4.39. The second-order valence-electron chi connectivity index (χ2n) is 6.36. The van der Waals surface area contributed by atoms with E-state index in [0.29, 0.717) is 39.6 Å². The quantitative estimate of drug-likeness (QED) is 0.235. The predicted octanol–water partition coefficient (Wildman–Crippen LogP) is 5.83. The summed E-state index contributed by atoms with van der Waals surface area (Å²) in [5.74, 6) is 1.71. The number of benzene rings is 1. The minimum atomic E-state index is -0.285. The van der Waals surface area contributed by atoms with Gasteiger partial charge in [-0.2, -0.15) is 0 Å². The first-order chi connectivity index (χ1) is 14.0. The van der Waals surface area contributed by atoms with Crippen molar-refractivity contribution in [2.24, 2.45) is 0 Å². The van der Waals surface area contributed by atoms with Crippen LogP contribution >= 0.6 is 23.2 Å². The highest BCUT2D eigenvalue weighted by atomic mass is 35.5. The maximum Gasteiger partial charge on any atom is 0.180 e. The van der Waals surface area contributed by atoms with Gasteiger partial charge in [-0.05, 0) is 69.4 Å². The highest BCUT2D eigenvalue weighted by Gasteiger charge is 2.10. The molecule has 0 heterocycles. The van der Waals surface area contributed by atoms with Gasteiger partial charge in [0.1, 0.15) is 22.6 Å². The topological polar surface area (TPSA) is 46.2 Å². The van der Waals surface area contributed by atoms with Crippen LogP contribution in [0, 0.1) is 6.92 Å². The molecular weight excluding hydrogens is 415 g/mol. The fraction of sp³-hybridized carbons (Fsp3) is 0.636. The van der Waals surface area contributed by atoms with E-state index in [2.05, 4.69) is 6.92 Å². The number of unbranched alkanes of at least 4 members (excludes halogenated alkanes) is 1. The Labute approximate surface area is 185 Å². The van der Waals surface area contributed by atoms with Crippen molar-refractivity contribution in [2.45, 2.75) is 53.2 Å². The summed E-state index contributed by atoms with van der Waals surface area (Å²) in [6, 6.07) is 3.97. The molecule has 0 unspecified atom stereocenters. The molecule has 0 fully saturated rings. The van der Waals surface area contributed by atoms with Gasteiger partial charge in [-0.25, -0.2) is 0 Å². The van der Waals surface area contributed by atoms with Gasteiger partial charge in [0, 0.05) is 19.8 Å². The van der Waals surface area contributed by atoms with E-state index >= 15 is 0 Å². The van der Waals surface area contributed by atoms with Crippen molar-refractivity contribution in [3.8, 4) is 11.5 Å². The summed E-state index contributed by atoms with van der Waals surface area (Å²) in [5, 5.41) is 0. The molecule has 0 radical (unpaired) electrons. The number of halogens is 2. The molecule has 0 amide bonds. The van der Waals surface area contributed by atoms with Crippen molar-refractivity contribution in [1.29, 1.82) is 0 Å². The summed E-state index contributed by atoms with van der Waals surface area (Å²) in [7, 11) is 0. The minimum absolute atomic E-state index is 0.202. The van der Waals surface area contributed by atoms with E-state index in [9.17, 15) is 0 Å². The van der Waals surface area contributed by atoms with Gasteiger partial charge in [0.15, 0.2) is 6.29 Å². The van der Waals surface area contributed by atoms with Crippen LogP contribution in [0.15, 0.2) is 22.7 Å². The van der Waals surface area contributed by atoms with Crippen molar-refractivity contribution in [1.82, 2.24) is 0 Å². The van der Waals surface area contributed by atoms with E-state index in [1.54, 1.807) is 6.08 Å². The summed E-state index contributed by atoms with van der Waals surface area (Å²) in [6.07, 6.45) is 4.01. The zero-order chi connectivity index (χ0) is 21.5. The SMILES string of the molecule is CCOC(COCCCCOc1c(C)cc(OCC=C(Cl)Cl)cc1CC)OCC. The Morgan fingerprint density at radius 1 is 1.00 bits per heavy atom. The van der Waals surface area contributed by atoms with Crippen LogP contribution in [0.5, 0.6) is 11.5 Å². The summed E-state index contributed by atoms with van der Waals surface area (Å²) in [5.41, 5.74) is 2.17. The lowest BCUT2D eigenvalue weighted by Crippen LogP contribution is -2.23. The van der Waals surface area contributed by atoms with Crippen molar-refractivity contribution in [2.75, 3.05) is 39.6 Å². The molecule has 1 aromatic rings. The Morgan fingerprint density at radius 2 is 1.69 bits per heavy atom. The molecule has 0 atom stereocenters. The number of aryl methyl sites for hydroxylation is 2. The van der Waals surface area contributed by atoms with Crippen molar-refractivity contribution in [3.05, 3.63) is 33.8 Å². The fourth-order valence-corrected chi connectivity index (χ4v) is 2.87. The van der Waals surface area contributed by atoms with Gasteiger partial charge in [-0.3, -0.25) is 0 Å². The first kappa shape index (κ1) is 26.1. The number of ether oxygens (including phenoxy) is 5. The maximum atomic E-state index is 6.05. The molecule has 0 aliphatic carbocycles. The molecule has 1 aromatic carbocycles. The van der Waals surface area contributed by atoms with E-state index in [1.165, 1.54) is 0 Å². The summed E-state index contributed by atoms with van der Waals surface area (Å²) < 4.78 is 28.5. The van der Waals surface area contributed by atoms with E-state index in [4.69, 9.17) is 46.9 Å². The van der Waals surface area contributed by atoms with E-state index in [0.717, 1.165) is 41.9 Å². The molecule has 0 saturated carbocycles. The van der Waals surface area contributed by atoms with Gasteiger partial charge in [0.2, 0.25) is 0 Å². The minimum Gasteiger partial charge on any atom is -0.493 e. The van der Waals surface area contributed by atoms with Crippen LogP contribution in [0.4, 0.5) is 0 Å². The standard InChI is InChI=1S/C22H34Cl2O5/c1-5-18-15-19(28-13-10-20(23)24)14-17(4)22(18)29-12-9-8-11-25-16-21(26-6-2)27-7-3/h10,14-15,21H,5-9,11-13,16H2,1-4H3. The lowest BCUT2D eigenvalue weighted by Gasteiger charge is -2.17. The fourth-order valence-electron chi connectivity index (χ4n) is 2.74. The van der Waals surface area contributed by atoms with E-state index in [-0.39, 0.29) is 10.8 Å². The highest BCUT2D eigenvalue weighted by molar-refractivity contribution is 6.55. The molecule has 29 heavy (non-hydrogen) atoms. The van der Waals surface area contributed by atoms with E-state index < -0.39 is 0 Å². The molecule has 5 nitrogen and oxygen atoms in total. The number of hydrogen-bond donors (Lipinski definition) is 0. The monoisotopic (exact) mass is 448 g/mol. The lowest BCUT2D eigenvalue weighted by atomic mass is 10.1. The molecule has 0 spiro atoms. The second kappa shape index (κ2) is 15.8. The van der Waals surface area contributed by atoms with Gasteiger partial charge < -0.3 is 23.7 Å². The average molecular weight is 449 g/mol. The Kier molecular flexibility index (Phi) is 14.2. The van der Waals surface area contributed by atoms with Crippen LogP contribution < -0.4 is 9.47 Å². The van der Waals surface area contributed by atoms with Crippen molar-refractivity contribution >= 4 is 23.2 Å².